The van der Waals surface area contributed by atoms with Crippen LogP contribution in [0.15, 0.2) is 24.3 Å². The lowest BCUT2D eigenvalue weighted by Gasteiger charge is -2.18. The summed E-state index contributed by atoms with van der Waals surface area (Å²) in [6.45, 7) is 7.18. The number of nitrogens with zero attached hydrogens (tertiary/aromatic N) is 1. The lowest BCUT2D eigenvalue weighted by molar-refractivity contribution is -0.118. The average Bonchev–Trinajstić information content (AvgIpc) is 2.93. The Hall–Kier alpha value is -1.15. The maximum Gasteiger partial charge on any atom is 0.262 e. The molecule has 2 N–H and O–H groups in total. The molecule has 1 aliphatic heterocycles. The van der Waals surface area contributed by atoms with E-state index in [1.54, 1.807) is 24.3 Å². The van der Waals surface area contributed by atoms with Gasteiger partial charge >= 0.3 is 0 Å². The van der Waals surface area contributed by atoms with Crippen LogP contribution < -0.4 is 15.4 Å². The van der Waals surface area contributed by atoms with Crippen molar-refractivity contribution in [2.45, 2.75) is 32.2 Å². The number of hydrogen-bond acceptors (Lipinski definition) is 4. The van der Waals surface area contributed by atoms with E-state index in [4.69, 9.17) is 4.74 Å². The molecule has 0 aromatic heterocycles. The van der Waals surface area contributed by atoms with Gasteiger partial charge < -0.3 is 15.0 Å². The molecule has 0 aliphatic carbocycles. The molecule has 1 atom stereocenters. The molecule has 26 heavy (non-hydrogen) atoms. The van der Waals surface area contributed by atoms with E-state index in [0.717, 1.165) is 19.6 Å². The molecule has 2 rings (SSSR count). The van der Waals surface area contributed by atoms with Crippen LogP contribution in [0.1, 0.15) is 20.3 Å². The Labute approximate surface area is 165 Å². The van der Waals surface area contributed by atoms with Crippen LogP contribution in [0.5, 0.6) is 5.75 Å². The molecule has 1 amide bonds. The van der Waals surface area contributed by atoms with E-state index in [1.807, 2.05) is 0 Å². The third-order valence-corrected chi connectivity index (χ3v) is 4.12. The minimum Gasteiger partial charge on any atom is -0.492 e. The van der Waals surface area contributed by atoms with Crippen molar-refractivity contribution in [2.75, 3.05) is 38.1 Å². The van der Waals surface area contributed by atoms with Gasteiger partial charge in [-0.25, -0.2) is 8.78 Å². The molecule has 1 heterocycles. The Morgan fingerprint density at radius 2 is 1.88 bits per heavy atom. The summed E-state index contributed by atoms with van der Waals surface area (Å²) in [4.78, 5) is 14.2. The van der Waals surface area contributed by atoms with Crippen LogP contribution in [0, 0.1) is 0 Å². The Morgan fingerprint density at radius 1 is 1.27 bits per heavy atom. The summed E-state index contributed by atoms with van der Waals surface area (Å²) in [6.07, 6.45) is -0.467. The molecule has 0 radical (unpaired) electrons. The molecule has 0 bridgehead atoms. The molecule has 1 fully saturated rings. The Bertz CT molecular complexity index is 543. The van der Waals surface area contributed by atoms with Crippen LogP contribution in [0.25, 0.3) is 0 Å². The van der Waals surface area contributed by atoms with Crippen LogP contribution >= 0.6 is 24.8 Å². The van der Waals surface area contributed by atoms with Crippen molar-refractivity contribution in [3.63, 3.8) is 0 Å². The number of amides is 1. The molecule has 1 aromatic rings. The number of carbonyl (C=O) groups is 1. The Morgan fingerprint density at radius 3 is 2.38 bits per heavy atom. The molecule has 1 unspecified atom stereocenters. The first-order valence-electron chi connectivity index (χ1n) is 8.31. The lowest BCUT2D eigenvalue weighted by atomic mass is 10.2. The number of carbonyl (C=O) groups excluding carboxylic acids is 1. The van der Waals surface area contributed by atoms with Gasteiger partial charge in [0.1, 0.15) is 12.4 Å². The molecule has 0 saturated carbocycles. The summed E-state index contributed by atoms with van der Waals surface area (Å²) >= 11 is 0. The number of alkyl halides is 2. The van der Waals surface area contributed by atoms with E-state index in [2.05, 4.69) is 29.4 Å². The predicted octanol–water partition coefficient (Wildman–Crippen LogP) is 3.19. The fraction of sp³-hybridized carbons (Fsp3) is 0.588. The number of rotatable bonds is 8. The normalized spacial score (nSPS) is 18.0. The minimum absolute atomic E-state index is 0. The van der Waals surface area contributed by atoms with Gasteiger partial charge in [-0.3, -0.25) is 10.1 Å². The molecular weight excluding hydrogens is 387 g/mol. The van der Waals surface area contributed by atoms with Crippen LogP contribution in [-0.2, 0) is 4.79 Å². The molecule has 5 nitrogen and oxygen atoms in total. The summed E-state index contributed by atoms with van der Waals surface area (Å²) in [5.41, 5.74) is 0.563. The number of ether oxygens (including phenoxy) is 1. The van der Waals surface area contributed by atoms with Gasteiger partial charge in [0, 0.05) is 18.7 Å². The SMILES string of the molecule is CCN(CC)CCOc1ccc(NC(=O)C2CC(F)(F)CN2)cc1.Cl.Cl. The molecule has 1 aromatic carbocycles. The average molecular weight is 414 g/mol. The van der Waals surface area contributed by atoms with Crippen molar-refractivity contribution in [3.8, 4) is 5.75 Å². The fourth-order valence-electron chi connectivity index (χ4n) is 2.60. The first-order chi connectivity index (χ1) is 11.4. The second-order valence-electron chi connectivity index (χ2n) is 5.88. The monoisotopic (exact) mass is 413 g/mol. The molecule has 1 saturated heterocycles. The predicted molar refractivity (Wildman–Crippen MR) is 104 cm³/mol. The van der Waals surface area contributed by atoms with Crippen molar-refractivity contribution < 1.29 is 18.3 Å². The second kappa shape index (κ2) is 11.5. The van der Waals surface area contributed by atoms with E-state index in [-0.39, 0.29) is 24.8 Å². The highest BCUT2D eigenvalue weighted by molar-refractivity contribution is 5.95. The molecule has 150 valence electrons. The van der Waals surface area contributed by atoms with Crippen molar-refractivity contribution in [2.24, 2.45) is 0 Å². The summed E-state index contributed by atoms with van der Waals surface area (Å²) < 4.78 is 31.9. The van der Waals surface area contributed by atoms with E-state index < -0.39 is 30.8 Å². The first kappa shape index (κ1) is 24.8. The number of halogens is 4. The van der Waals surface area contributed by atoms with Gasteiger partial charge in [0.05, 0.1) is 12.6 Å². The number of benzene rings is 1. The van der Waals surface area contributed by atoms with Crippen molar-refractivity contribution >= 4 is 36.4 Å². The first-order valence-corrected chi connectivity index (χ1v) is 8.31. The Balaban J connectivity index is 0.00000312. The third kappa shape index (κ3) is 7.61. The Kier molecular flexibility index (Phi) is 11.0. The van der Waals surface area contributed by atoms with E-state index in [0.29, 0.717) is 18.0 Å². The highest BCUT2D eigenvalue weighted by Gasteiger charge is 2.42. The number of anilines is 1. The van der Waals surface area contributed by atoms with Gasteiger partial charge in [-0.2, -0.15) is 0 Å². The maximum absolute atomic E-state index is 13.1. The molecule has 0 spiro atoms. The number of likely N-dealkylation sites (N-methyl/N-ethyl adjacent to an activating group) is 1. The van der Waals surface area contributed by atoms with Gasteiger partial charge in [0.25, 0.3) is 5.92 Å². The highest BCUT2D eigenvalue weighted by Crippen LogP contribution is 2.26. The van der Waals surface area contributed by atoms with Crippen LogP contribution in [-0.4, -0.2) is 55.6 Å². The standard InChI is InChI=1S/C17H25F2N3O2.2ClH/c1-3-22(4-2)9-10-24-14-7-5-13(6-8-14)21-16(23)15-11-17(18,19)12-20-15;;/h5-8,15,20H,3-4,9-12H2,1-2H3,(H,21,23);2*1H. The van der Waals surface area contributed by atoms with E-state index >= 15 is 0 Å². The van der Waals surface area contributed by atoms with E-state index in [1.165, 1.54) is 0 Å². The minimum atomic E-state index is -2.81. The molecule has 9 heteroatoms. The summed E-state index contributed by atoms with van der Waals surface area (Å²) in [5.74, 6) is -2.54. The van der Waals surface area contributed by atoms with Gasteiger partial charge in [-0.15, -0.1) is 24.8 Å². The maximum atomic E-state index is 13.1. The topological polar surface area (TPSA) is 53.6 Å². The van der Waals surface area contributed by atoms with Gasteiger partial charge in [-0.1, -0.05) is 13.8 Å². The summed E-state index contributed by atoms with van der Waals surface area (Å²) in [6, 6.07) is 6.07. The quantitative estimate of drug-likeness (QED) is 0.686. The van der Waals surface area contributed by atoms with Gasteiger partial charge in [0.15, 0.2) is 0 Å². The number of hydrogen-bond donors (Lipinski definition) is 2. The largest absolute Gasteiger partial charge is 0.492 e. The van der Waals surface area contributed by atoms with Gasteiger partial charge in [0.2, 0.25) is 5.91 Å². The zero-order chi connectivity index (χ0) is 17.6. The summed E-state index contributed by atoms with van der Waals surface area (Å²) in [7, 11) is 0. The second-order valence-corrected chi connectivity index (χ2v) is 5.88. The van der Waals surface area contributed by atoms with Gasteiger partial charge in [-0.05, 0) is 37.4 Å². The highest BCUT2D eigenvalue weighted by atomic mass is 35.5. The number of nitrogens with one attached hydrogen (secondary N) is 2. The molecular formula is C17H27Cl2F2N3O2. The molecule has 1 aliphatic rings. The van der Waals surface area contributed by atoms with Crippen LogP contribution in [0.4, 0.5) is 14.5 Å². The van der Waals surface area contributed by atoms with Crippen molar-refractivity contribution in [1.29, 1.82) is 0 Å². The fourth-order valence-corrected chi connectivity index (χ4v) is 2.60. The zero-order valence-corrected chi connectivity index (χ0v) is 16.6. The van der Waals surface area contributed by atoms with Crippen molar-refractivity contribution in [1.82, 2.24) is 10.2 Å². The van der Waals surface area contributed by atoms with Crippen LogP contribution in [0.3, 0.4) is 0 Å². The van der Waals surface area contributed by atoms with Crippen molar-refractivity contribution in [3.05, 3.63) is 24.3 Å². The summed E-state index contributed by atoms with van der Waals surface area (Å²) in [5, 5.41) is 5.18. The zero-order valence-electron chi connectivity index (χ0n) is 15.0. The third-order valence-electron chi connectivity index (χ3n) is 4.12. The van der Waals surface area contributed by atoms with Crippen LogP contribution in [0.2, 0.25) is 0 Å². The van der Waals surface area contributed by atoms with E-state index in [9.17, 15) is 13.6 Å². The smallest absolute Gasteiger partial charge is 0.262 e. The lowest BCUT2D eigenvalue weighted by Crippen LogP contribution is -2.35.